The second-order valence-electron chi connectivity index (χ2n) is 3.61. The third-order valence-corrected chi connectivity index (χ3v) is 1.88. The van der Waals surface area contributed by atoms with E-state index in [1.54, 1.807) is 19.1 Å². The van der Waals surface area contributed by atoms with Crippen LogP contribution in [0.1, 0.15) is 20.3 Å². The zero-order valence-corrected chi connectivity index (χ0v) is 9.86. The Labute approximate surface area is 99.9 Å². The monoisotopic (exact) mass is 233 g/mol. The zero-order chi connectivity index (χ0) is 12.7. The first-order valence-corrected chi connectivity index (χ1v) is 5.22. The minimum atomic E-state index is -0.257. The van der Waals surface area contributed by atoms with Crippen molar-refractivity contribution in [3.05, 3.63) is 30.3 Å². The Balaban J connectivity index is 2.45. The summed E-state index contributed by atoms with van der Waals surface area (Å²) in [6, 6.07) is 9.16. The molecule has 1 rings (SSSR count). The van der Waals surface area contributed by atoms with Gasteiger partial charge in [-0.15, -0.1) is 0 Å². The Morgan fingerprint density at radius 3 is 2.41 bits per heavy atom. The Hall–Kier alpha value is -2.17. The molecule has 0 aliphatic heterocycles. The lowest BCUT2D eigenvalue weighted by Crippen LogP contribution is -2.19. The number of hydrazone groups is 1. The summed E-state index contributed by atoms with van der Waals surface area (Å²) < 4.78 is 0. The Morgan fingerprint density at radius 1 is 1.18 bits per heavy atom. The van der Waals surface area contributed by atoms with Crippen LogP contribution in [0.5, 0.6) is 0 Å². The second kappa shape index (κ2) is 6.42. The van der Waals surface area contributed by atoms with E-state index < -0.39 is 0 Å². The lowest BCUT2D eigenvalue weighted by molar-refractivity contribution is -0.119. The molecule has 0 fully saturated rings. The van der Waals surface area contributed by atoms with Gasteiger partial charge in [0.25, 0.3) is 0 Å². The maximum atomic E-state index is 11.6. The van der Waals surface area contributed by atoms with E-state index in [1.165, 1.54) is 6.92 Å². The fourth-order valence-electron chi connectivity index (χ4n) is 1.17. The Kier molecular flexibility index (Phi) is 4.87. The van der Waals surface area contributed by atoms with Gasteiger partial charge in [0.15, 0.2) is 0 Å². The molecule has 1 aromatic carbocycles. The average molecular weight is 233 g/mol. The molecule has 0 bridgehead atoms. The van der Waals surface area contributed by atoms with E-state index in [1.807, 2.05) is 18.2 Å². The number of hydrogen-bond acceptors (Lipinski definition) is 3. The summed E-state index contributed by atoms with van der Waals surface area (Å²) >= 11 is 0. The van der Waals surface area contributed by atoms with E-state index in [0.717, 1.165) is 5.69 Å². The van der Waals surface area contributed by atoms with Gasteiger partial charge in [-0.05, 0) is 19.1 Å². The average Bonchev–Trinajstić information content (AvgIpc) is 2.27. The molecule has 17 heavy (non-hydrogen) atoms. The number of amides is 2. The topological polar surface area (TPSA) is 70.6 Å². The lowest BCUT2D eigenvalue weighted by atomic mass is 10.2. The molecule has 2 amide bonds. The molecular weight excluding hydrogens is 218 g/mol. The molecule has 2 N–H and O–H groups in total. The van der Waals surface area contributed by atoms with Crippen LogP contribution in [0.2, 0.25) is 0 Å². The van der Waals surface area contributed by atoms with Gasteiger partial charge < -0.3 is 5.32 Å². The minimum absolute atomic E-state index is 0.148. The molecule has 0 heterocycles. The van der Waals surface area contributed by atoms with Crippen LogP contribution in [0.3, 0.4) is 0 Å². The normalized spacial score (nSPS) is 10.8. The van der Waals surface area contributed by atoms with Gasteiger partial charge in [0.1, 0.15) is 0 Å². The minimum Gasteiger partial charge on any atom is -0.326 e. The predicted octanol–water partition coefficient (Wildman–Crippen LogP) is 1.53. The van der Waals surface area contributed by atoms with Crippen LogP contribution < -0.4 is 10.7 Å². The maximum absolute atomic E-state index is 11.6. The van der Waals surface area contributed by atoms with Crippen LogP contribution in [-0.2, 0) is 9.59 Å². The highest BCUT2D eigenvalue weighted by atomic mass is 16.2. The molecule has 5 heteroatoms. The largest absolute Gasteiger partial charge is 0.326 e. The lowest BCUT2D eigenvalue weighted by Gasteiger charge is -2.04. The van der Waals surface area contributed by atoms with Crippen molar-refractivity contribution in [2.45, 2.75) is 20.3 Å². The number of rotatable bonds is 4. The summed E-state index contributed by atoms with van der Waals surface area (Å²) in [7, 11) is 0. The number of nitrogens with zero attached hydrogens (tertiary/aromatic N) is 1. The third-order valence-electron chi connectivity index (χ3n) is 1.88. The maximum Gasteiger partial charge on any atom is 0.236 e. The molecule has 0 unspecified atom stereocenters. The van der Waals surface area contributed by atoms with Crippen molar-refractivity contribution in [3.8, 4) is 0 Å². The van der Waals surface area contributed by atoms with Crippen LogP contribution in [-0.4, -0.2) is 17.5 Å². The number of hydrogen-bond donors (Lipinski definition) is 2. The number of nitrogens with one attached hydrogen (secondary N) is 2. The Bertz CT molecular complexity index is 427. The molecule has 0 aliphatic carbocycles. The van der Waals surface area contributed by atoms with Crippen LogP contribution in [0.4, 0.5) is 5.69 Å². The Morgan fingerprint density at radius 2 is 1.82 bits per heavy atom. The molecule has 90 valence electrons. The fraction of sp³-hybridized carbons (Fsp3) is 0.250. The van der Waals surface area contributed by atoms with Crippen LogP contribution in [0.15, 0.2) is 35.4 Å². The van der Waals surface area contributed by atoms with Crippen molar-refractivity contribution in [3.63, 3.8) is 0 Å². The summed E-state index contributed by atoms with van der Waals surface area (Å²) in [5.41, 5.74) is 3.57. The van der Waals surface area contributed by atoms with E-state index in [4.69, 9.17) is 0 Å². The van der Waals surface area contributed by atoms with Gasteiger partial charge in [0, 0.05) is 18.3 Å². The molecule has 0 saturated heterocycles. The molecule has 0 aromatic heterocycles. The third kappa shape index (κ3) is 5.46. The van der Waals surface area contributed by atoms with Crippen molar-refractivity contribution < 1.29 is 9.59 Å². The second-order valence-corrected chi connectivity index (χ2v) is 3.61. The highest BCUT2D eigenvalue weighted by molar-refractivity contribution is 6.05. The van der Waals surface area contributed by atoms with E-state index >= 15 is 0 Å². The van der Waals surface area contributed by atoms with E-state index in [0.29, 0.717) is 5.71 Å². The molecule has 1 aromatic rings. The van der Waals surface area contributed by atoms with Gasteiger partial charge in [-0.25, -0.2) is 5.43 Å². The summed E-state index contributed by atoms with van der Waals surface area (Å²) in [6.45, 7) is 3.04. The SMILES string of the molecule is CC(=O)N/N=C(\C)CC(=O)Nc1ccccc1. The highest BCUT2D eigenvalue weighted by Crippen LogP contribution is 2.05. The van der Waals surface area contributed by atoms with Crippen molar-refractivity contribution in [1.29, 1.82) is 0 Å². The van der Waals surface area contributed by atoms with Gasteiger partial charge in [-0.3, -0.25) is 9.59 Å². The summed E-state index contributed by atoms with van der Waals surface area (Å²) in [5, 5.41) is 6.49. The summed E-state index contributed by atoms with van der Waals surface area (Å²) in [6.07, 6.45) is 0.148. The molecular formula is C12H15N3O2. The van der Waals surface area contributed by atoms with Crippen molar-refractivity contribution in [2.24, 2.45) is 5.10 Å². The molecule has 0 saturated carbocycles. The van der Waals surface area contributed by atoms with Crippen LogP contribution in [0, 0.1) is 0 Å². The molecule has 5 nitrogen and oxygen atoms in total. The van der Waals surface area contributed by atoms with E-state index in [-0.39, 0.29) is 18.2 Å². The predicted molar refractivity (Wildman–Crippen MR) is 66.6 cm³/mol. The molecule has 0 aliphatic rings. The molecule has 0 spiro atoms. The van der Waals surface area contributed by atoms with Crippen molar-refractivity contribution >= 4 is 23.2 Å². The first-order chi connectivity index (χ1) is 8.08. The summed E-state index contributed by atoms with van der Waals surface area (Å²) in [5.74, 6) is -0.421. The van der Waals surface area contributed by atoms with E-state index in [2.05, 4.69) is 15.8 Å². The number of para-hydroxylation sites is 1. The van der Waals surface area contributed by atoms with Gasteiger partial charge in [-0.2, -0.15) is 5.10 Å². The number of carbonyl (C=O) groups excluding carboxylic acids is 2. The van der Waals surface area contributed by atoms with Crippen molar-refractivity contribution in [2.75, 3.05) is 5.32 Å². The van der Waals surface area contributed by atoms with Gasteiger partial charge >= 0.3 is 0 Å². The number of anilines is 1. The first-order valence-electron chi connectivity index (χ1n) is 5.22. The first kappa shape index (κ1) is 12.9. The number of carbonyl (C=O) groups is 2. The highest BCUT2D eigenvalue weighted by Gasteiger charge is 2.04. The standard InChI is InChI=1S/C12H15N3O2/c1-9(14-15-10(2)16)8-12(17)13-11-6-4-3-5-7-11/h3-7H,8H2,1-2H3,(H,13,17)(H,15,16)/b14-9+. The summed E-state index contributed by atoms with van der Waals surface area (Å²) in [4.78, 5) is 22.2. The zero-order valence-electron chi connectivity index (χ0n) is 9.86. The molecule has 0 atom stereocenters. The van der Waals surface area contributed by atoms with E-state index in [9.17, 15) is 9.59 Å². The molecule has 0 radical (unpaired) electrons. The van der Waals surface area contributed by atoms with Crippen molar-refractivity contribution in [1.82, 2.24) is 5.43 Å². The smallest absolute Gasteiger partial charge is 0.236 e. The van der Waals surface area contributed by atoms with Crippen LogP contribution >= 0.6 is 0 Å². The fourth-order valence-corrected chi connectivity index (χ4v) is 1.17. The van der Waals surface area contributed by atoms with Crippen LogP contribution in [0.25, 0.3) is 0 Å². The number of benzene rings is 1. The van der Waals surface area contributed by atoms with Gasteiger partial charge in [-0.1, -0.05) is 18.2 Å². The van der Waals surface area contributed by atoms with Gasteiger partial charge in [0.2, 0.25) is 11.8 Å². The van der Waals surface area contributed by atoms with Gasteiger partial charge in [0.05, 0.1) is 6.42 Å². The quantitative estimate of drug-likeness (QED) is 0.611.